The minimum atomic E-state index is -0.443. The Bertz CT molecular complexity index is 1190. The van der Waals surface area contributed by atoms with Gasteiger partial charge in [0, 0.05) is 37.9 Å². The molecule has 35 heavy (non-hydrogen) atoms. The number of benzene rings is 1. The summed E-state index contributed by atoms with van der Waals surface area (Å²) >= 11 is 0. The van der Waals surface area contributed by atoms with Crippen molar-refractivity contribution in [2.75, 3.05) is 39.9 Å². The van der Waals surface area contributed by atoms with E-state index in [0.717, 1.165) is 79.1 Å². The second kappa shape index (κ2) is 10.4. The highest BCUT2D eigenvalue weighted by Crippen LogP contribution is 2.31. The van der Waals surface area contributed by atoms with Gasteiger partial charge in [0.05, 0.1) is 18.3 Å². The predicted octanol–water partition coefficient (Wildman–Crippen LogP) is 3.90. The number of aromatic nitrogens is 2. The number of carbonyl (C=O) groups is 1. The number of aryl methyl sites for hydroxylation is 1. The maximum absolute atomic E-state index is 13.4. The van der Waals surface area contributed by atoms with Crippen LogP contribution in [0.5, 0.6) is 0 Å². The lowest BCUT2D eigenvalue weighted by atomic mass is 9.97. The zero-order chi connectivity index (χ0) is 24.4. The summed E-state index contributed by atoms with van der Waals surface area (Å²) in [5.41, 5.74) is 4.42. The number of amides is 1. The smallest absolute Gasteiger partial charge is 0.296 e. The van der Waals surface area contributed by atoms with Crippen molar-refractivity contribution in [3.05, 3.63) is 64.9 Å². The highest BCUT2D eigenvalue weighted by atomic mass is 19.1. The van der Waals surface area contributed by atoms with Crippen molar-refractivity contribution >= 4 is 16.8 Å². The van der Waals surface area contributed by atoms with E-state index < -0.39 is 5.91 Å². The van der Waals surface area contributed by atoms with Gasteiger partial charge in [0.25, 0.3) is 5.91 Å². The van der Waals surface area contributed by atoms with Gasteiger partial charge in [0.2, 0.25) is 0 Å². The number of carbonyl (C=O) groups excluding carboxylic acids is 1. The molecule has 0 spiro atoms. The second-order valence-corrected chi connectivity index (χ2v) is 9.85. The van der Waals surface area contributed by atoms with E-state index in [-0.39, 0.29) is 12.4 Å². The summed E-state index contributed by atoms with van der Waals surface area (Å²) in [6.07, 6.45) is 8.62. The van der Waals surface area contributed by atoms with Crippen LogP contribution in [-0.2, 0) is 24.1 Å². The Hall–Kier alpha value is -2.81. The topological polar surface area (TPSA) is 70.8 Å². The van der Waals surface area contributed by atoms with Crippen LogP contribution >= 0.6 is 0 Å². The van der Waals surface area contributed by atoms with E-state index in [4.69, 9.17) is 4.74 Å². The summed E-state index contributed by atoms with van der Waals surface area (Å²) < 4.78 is 21.0. The molecular weight excluding hydrogens is 447 g/mol. The van der Waals surface area contributed by atoms with Crippen LogP contribution in [0.3, 0.4) is 0 Å². The summed E-state index contributed by atoms with van der Waals surface area (Å²) in [5, 5.41) is 11.7. The van der Waals surface area contributed by atoms with Crippen molar-refractivity contribution in [3.8, 4) is 0 Å². The molecule has 5 rings (SSSR count). The molecule has 1 saturated heterocycles. The van der Waals surface area contributed by atoms with E-state index in [1.165, 1.54) is 17.7 Å². The fraction of sp³-hybridized carbons (Fsp3) is 0.481. The van der Waals surface area contributed by atoms with Crippen LogP contribution in [0.2, 0.25) is 0 Å². The molecule has 0 bridgehead atoms. The van der Waals surface area contributed by atoms with Crippen molar-refractivity contribution in [3.63, 3.8) is 0 Å². The summed E-state index contributed by atoms with van der Waals surface area (Å²) in [5.74, 6) is 0.0120. The molecule has 2 aliphatic heterocycles. The quantitative estimate of drug-likeness (QED) is 0.495. The van der Waals surface area contributed by atoms with E-state index in [1.54, 1.807) is 18.3 Å². The molecule has 0 radical (unpaired) electrons. The van der Waals surface area contributed by atoms with Gasteiger partial charge in [-0.05, 0) is 80.4 Å². The minimum absolute atomic E-state index is 0.250. The SMILES string of the molecule is CN(CCCc1cn(Cc2ccc(F)cc2)c2cnc3c(c12)CCN(O)C3=O)CC1CCOCC1. The van der Waals surface area contributed by atoms with Crippen molar-refractivity contribution in [1.29, 1.82) is 0 Å². The van der Waals surface area contributed by atoms with Gasteiger partial charge in [-0.25, -0.2) is 14.4 Å². The third kappa shape index (κ3) is 5.24. The third-order valence-corrected chi connectivity index (χ3v) is 7.28. The number of halogens is 1. The Balaban J connectivity index is 1.39. The molecule has 0 unspecified atom stereocenters. The van der Waals surface area contributed by atoms with Gasteiger partial charge in [-0.2, -0.15) is 0 Å². The highest BCUT2D eigenvalue weighted by molar-refractivity contribution is 6.00. The zero-order valence-electron chi connectivity index (χ0n) is 20.3. The first-order valence-electron chi connectivity index (χ1n) is 12.5. The molecule has 2 aromatic heterocycles. The molecule has 3 aromatic rings. The number of pyridine rings is 1. The van der Waals surface area contributed by atoms with E-state index >= 15 is 0 Å². The number of hydrogen-bond donors (Lipinski definition) is 1. The zero-order valence-corrected chi connectivity index (χ0v) is 20.3. The van der Waals surface area contributed by atoms with Crippen LogP contribution in [0.15, 0.2) is 36.7 Å². The van der Waals surface area contributed by atoms with Crippen LogP contribution in [0.25, 0.3) is 10.9 Å². The molecular formula is C27H33FN4O3. The van der Waals surface area contributed by atoms with Crippen LogP contribution in [0, 0.1) is 11.7 Å². The average molecular weight is 481 g/mol. The number of ether oxygens (including phenoxy) is 1. The van der Waals surface area contributed by atoms with Gasteiger partial charge in [-0.15, -0.1) is 0 Å². The molecule has 1 aromatic carbocycles. The first kappa shape index (κ1) is 23.9. The van der Waals surface area contributed by atoms with Gasteiger partial charge >= 0.3 is 0 Å². The molecule has 0 aliphatic carbocycles. The highest BCUT2D eigenvalue weighted by Gasteiger charge is 2.28. The van der Waals surface area contributed by atoms with Crippen LogP contribution in [-0.4, -0.2) is 70.5 Å². The second-order valence-electron chi connectivity index (χ2n) is 9.85. The van der Waals surface area contributed by atoms with Gasteiger partial charge in [0.1, 0.15) is 11.5 Å². The fourth-order valence-electron chi connectivity index (χ4n) is 5.42. The predicted molar refractivity (Wildman–Crippen MR) is 131 cm³/mol. The number of nitrogens with zero attached hydrogens (tertiary/aromatic N) is 4. The van der Waals surface area contributed by atoms with E-state index in [1.807, 2.05) is 0 Å². The van der Waals surface area contributed by atoms with Crippen molar-refractivity contribution in [1.82, 2.24) is 19.5 Å². The van der Waals surface area contributed by atoms with Crippen LogP contribution in [0.1, 0.15) is 46.4 Å². The van der Waals surface area contributed by atoms with E-state index in [9.17, 15) is 14.4 Å². The Labute approximate surface area is 205 Å². The number of hydroxylamine groups is 2. The Morgan fingerprint density at radius 1 is 1.23 bits per heavy atom. The van der Waals surface area contributed by atoms with Gasteiger partial charge in [-0.3, -0.25) is 10.0 Å². The molecule has 0 atom stereocenters. The first-order chi connectivity index (χ1) is 17.0. The Morgan fingerprint density at radius 3 is 2.77 bits per heavy atom. The molecule has 4 heterocycles. The van der Waals surface area contributed by atoms with Crippen molar-refractivity contribution < 1.29 is 19.1 Å². The Morgan fingerprint density at radius 2 is 2.00 bits per heavy atom. The lowest BCUT2D eigenvalue weighted by Gasteiger charge is -2.27. The standard InChI is InChI=1S/C27H33FN4O3/c1-30(16-20-9-13-35-14-10-20)11-2-3-21-18-31(17-19-4-6-22(28)7-5-19)24-15-29-26-23(25(21)24)8-12-32(34)27(26)33/h4-7,15,18,20,34H,2-3,8-14,16-17H2,1H3. The number of fused-ring (bicyclic) bond motifs is 3. The monoisotopic (exact) mass is 480 g/mol. The first-order valence-corrected chi connectivity index (χ1v) is 12.5. The third-order valence-electron chi connectivity index (χ3n) is 7.28. The molecule has 2 aliphatic rings. The average Bonchev–Trinajstić information content (AvgIpc) is 3.21. The molecule has 1 fully saturated rings. The molecule has 1 amide bonds. The lowest BCUT2D eigenvalue weighted by molar-refractivity contribution is -0.0606. The van der Waals surface area contributed by atoms with E-state index in [2.05, 4.69) is 27.7 Å². The molecule has 7 nitrogen and oxygen atoms in total. The molecule has 0 saturated carbocycles. The minimum Gasteiger partial charge on any atom is -0.381 e. The normalized spacial score (nSPS) is 16.9. The largest absolute Gasteiger partial charge is 0.381 e. The summed E-state index contributed by atoms with van der Waals surface area (Å²) in [6.45, 7) is 4.70. The van der Waals surface area contributed by atoms with Gasteiger partial charge in [-0.1, -0.05) is 12.1 Å². The molecule has 8 heteroatoms. The van der Waals surface area contributed by atoms with Crippen LogP contribution in [0.4, 0.5) is 4.39 Å². The molecule has 186 valence electrons. The van der Waals surface area contributed by atoms with Crippen molar-refractivity contribution in [2.45, 2.75) is 38.6 Å². The summed E-state index contributed by atoms with van der Waals surface area (Å²) in [7, 11) is 2.19. The van der Waals surface area contributed by atoms with Gasteiger partial charge < -0.3 is 14.2 Å². The maximum Gasteiger partial charge on any atom is 0.296 e. The number of rotatable bonds is 8. The van der Waals surface area contributed by atoms with Crippen LogP contribution < -0.4 is 0 Å². The number of hydrogen-bond acceptors (Lipinski definition) is 5. The summed E-state index contributed by atoms with van der Waals surface area (Å²) in [6, 6.07) is 6.55. The lowest BCUT2D eigenvalue weighted by Crippen LogP contribution is -2.35. The maximum atomic E-state index is 13.4. The molecule has 1 N–H and O–H groups in total. The Kier molecular flexibility index (Phi) is 7.13. The summed E-state index contributed by atoms with van der Waals surface area (Å²) in [4.78, 5) is 19.4. The van der Waals surface area contributed by atoms with Crippen molar-refractivity contribution in [2.24, 2.45) is 5.92 Å². The fourth-order valence-corrected chi connectivity index (χ4v) is 5.42. The van der Waals surface area contributed by atoms with Gasteiger partial charge in [0.15, 0.2) is 0 Å². The van der Waals surface area contributed by atoms with E-state index in [0.29, 0.717) is 24.6 Å².